The molecule has 106 valence electrons. The van der Waals surface area contributed by atoms with Gasteiger partial charge in [0.15, 0.2) is 0 Å². The largest absolute Gasteiger partial charge is 0.374 e. The van der Waals surface area contributed by atoms with Gasteiger partial charge in [-0.1, -0.05) is 6.07 Å². The first-order valence-corrected chi connectivity index (χ1v) is 7.36. The van der Waals surface area contributed by atoms with Crippen LogP contribution in [0.2, 0.25) is 0 Å². The zero-order chi connectivity index (χ0) is 14.0. The third kappa shape index (κ3) is 3.16. The van der Waals surface area contributed by atoms with Crippen LogP contribution in [0.5, 0.6) is 0 Å². The lowest BCUT2D eigenvalue weighted by molar-refractivity contribution is -0.0789. The molecule has 0 spiro atoms. The number of benzene rings is 1. The average Bonchev–Trinajstić information content (AvgIpc) is 2.41. The molecule has 5 heteroatoms. The number of nitrogens with two attached hydrogens (primary N) is 1. The van der Waals surface area contributed by atoms with Crippen molar-refractivity contribution in [2.45, 2.75) is 32.0 Å². The predicted molar refractivity (Wildman–Crippen MR) is 77.5 cm³/mol. The summed E-state index contributed by atoms with van der Waals surface area (Å²) in [6.45, 7) is 6.34. The second kappa shape index (κ2) is 6.31. The maximum Gasteiger partial charge on any atom is 0.137 e. The van der Waals surface area contributed by atoms with E-state index in [2.05, 4.69) is 34.7 Å². The van der Waals surface area contributed by atoms with Crippen molar-refractivity contribution in [3.8, 4) is 0 Å². The molecule has 0 aromatic heterocycles. The molecule has 2 atom stereocenters. The van der Waals surface area contributed by atoms with Gasteiger partial charge in [0.1, 0.15) is 5.82 Å². The van der Waals surface area contributed by atoms with Crippen LogP contribution in [0.1, 0.15) is 25.5 Å². The summed E-state index contributed by atoms with van der Waals surface area (Å²) in [7, 11) is 0. The molecule has 2 rings (SSSR count). The molecule has 0 bridgehead atoms. The molecule has 1 fully saturated rings. The van der Waals surface area contributed by atoms with Crippen molar-refractivity contribution >= 4 is 15.9 Å². The van der Waals surface area contributed by atoms with Gasteiger partial charge in [-0.3, -0.25) is 4.90 Å². The summed E-state index contributed by atoms with van der Waals surface area (Å²) in [5.74, 6) is -0.249. The van der Waals surface area contributed by atoms with Gasteiger partial charge in [0.05, 0.1) is 23.2 Å². The third-order valence-electron chi connectivity index (χ3n) is 3.57. The molecule has 0 radical (unpaired) electrons. The third-order valence-corrected chi connectivity index (χ3v) is 4.18. The molecule has 3 nitrogen and oxygen atoms in total. The van der Waals surface area contributed by atoms with Crippen molar-refractivity contribution in [1.29, 1.82) is 0 Å². The molecule has 1 heterocycles. The molecular formula is C14H20BrFN2O. The Morgan fingerprint density at radius 3 is 2.84 bits per heavy atom. The van der Waals surface area contributed by atoms with E-state index in [1.807, 2.05) is 12.1 Å². The Balaban J connectivity index is 2.36. The van der Waals surface area contributed by atoms with Crippen molar-refractivity contribution in [2.24, 2.45) is 5.73 Å². The fourth-order valence-electron chi connectivity index (χ4n) is 2.63. The Kier molecular flexibility index (Phi) is 4.95. The molecule has 1 aliphatic heterocycles. The van der Waals surface area contributed by atoms with Crippen molar-refractivity contribution in [3.05, 3.63) is 34.1 Å². The summed E-state index contributed by atoms with van der Waals surface area (Å²) in [6.07, 6.45) is -0.0477. The molecule has 2 N–H and O–H groups in total. The average molecular weight is 331 g/mol. The standard InChI is InChI=1S/C14H20BrFN2O/c1-9(2)18-5-6-19-13(8-17)14(18)10-3-4-12(16)11(15)7-10/h3-4,7,9,13-14H,5-6,8,17H2,1-2H3. The molecule has 19 heavy (non-hydrogen) atoms. The molecule has 1 saturated heterocycles. The van der Waals surface area contributed by atoms with Gasteiger partial charge in [0.25, 0.3) is 0 Å². The van der Waals surface area contributed by atoms with Gasteiger partial charge in [0.2, 0.25) is 0 Å². The Morgan fingerprint density at radius 1 is 1.53 bits per heavy atom. The van der Waals surface area contributed by atoms with E-state index >= 15 is 0 Å². The van der Waals surface area contributed by atoms with Gasteiger partial charge in [-0.15, -0.1) is 0 Å². The van der Waals surface area contributed by atoms with Crippen molar-refractivity contribution < 1.29 is 9.13 Å². The topological polar surface area (TPSA) is 38.5 Å². The maximum atomic E-state index is 13.4. The lowest BCUT2D eigenvalue weighted by Crippen LogP contribution is -2.50. The van der Waals surface area contributed by atoms with Gasteiger partial charge in [-0.25, -0.2) is 4.39 Å². The van der Waals surface area contributed by atoms with Crippen molar-refractivity contribution in [1.82, 2.24) is 4.90 Å². The van der Waals surface area contributed by atoms with E-state index < -0.39 is 0 Å². The summed E-state index contributed by atoms with van der Waals surface area (Å²) >= 11 is 3.25. The highest BCUT2D eigenvalue weighted by Gasteiger charge is 2.34. The minimum atomic E-state index is -0.249. The molecule has 0 aliphatic carbocycles. The van der Waals surface area contributed by atoms with Crippen LogP contribution in [0.15, 0.2) is 22.7 Å². The number of hydrogen-bond donors (Lipinski definition) is 1. The first-order chi connectivity index (χ1) is 9.04. The fourth-order valence-corrected chi connectivity index (χ4v) is 3.03. The predicted octanol–water partition coefficient (Wildman–Crippen LogP) is 2.70. The quantitative estimate of drug-likeness (QED) is 0.926. The van der Waals surface area contributed by atoms with E-state index in [0.717, 1.165) is 12.1 Å². The molecular weight excluding hydrogens is 311 g/mol. The first kappa shape index (κ1) is 14.9. The van der Waals surface area contributed by atoms with Gasteiger partial charge < -0.3 is 10.5 Å². The van der Waals surface area contributed by atoms with Crippen molar-refractivity contribution in [3.63, 3.8) is 0 Å². The van der Waals surface area contributed by atoms with Gasteiger partial charge in [-0.05, 0) is 47.5 Å². The number of ether oxygens (including phenoxy) is 1. The van der Waals surface area contributed by atoms with E-state index in [1.165, 1.54) is 6.07 Å². The summed E-state index contributed by atoms with van der Waals surface area (Å²) in [5, 5.41) is 0. The Labute approximate surface area is 122 Å². The number of hydrogen-bond acceptors (Lipinski definition) is 3. The zero-order valence-corrected chi connectivity index (χ0v) is 12.9. The van der Waals surface area contributed by atoms with Crippen LogP contribution in [0, 0.1) is 5.82 Å². The van der Waals surface area contributed by atoms with Crippen LogP contribution in [-0.2, 0) is 4.74 Å². The smallest absolute Gasteiger partial charge is 0.137 e. The lowest BCUT2D eigenvalue weighted by atomic mass is 9.96. The number of rotatable bonds is 3. The molecule has 1 aliphatic rings. The van der Waals surface area contributed by atoms with E-state index in [0.29, 0.717) is 23.7 Å². The number of halogens is 2. The minimum Gasteiger partial charge on any atom is -0.374 e. The monoisotopic (exact) mass is 330 g/mol. The van der Waals surface area contributed by atoms with E-state index in [9.17, 15) is 4.39 Å². The summed E-state index contributed by atoms with van der Waals surface area (Å²) in [5.41, 5.74) is 6.86. The second-order valence-corrected chi connectivity index (χ2v) is 5.95. The number of nitrogens with zero attached hydrogens (tertiary/aromatic N) is 1. The Bertz CT molecular complexity index is 441. The van der Waals surface area contributed by atoms with Gasteiger partial charge >= 0.3 is 0 Å². The highest BCUT2D eigenvalue weighted by Crippen LogP contribution is 2.32. The molecule has 1 aromatic rings. The van der Waals surface area contributed by atoms with Gasteiger partial charge in [-0.2, -0.15) is 0 Å². The first-order valence-electron chi connectivity index (χ1n) is 6.57. The normalized spacial score (nSPS) is 24.9. The molecule has 1 aromatic carbocycles. The molecule has 2 unspecified atom stereocenters. The van der Waals surface area contributed by atoms with Crippen LogP contribution >= 0.6 is 15.9 Å². The van der Waals surface area contributed by atoms with Crippen LogP contribution < -0.4 is 5.73 Å². The SMILES string of the molecule is CC(C)N1CCOC(CN)C1c1ccc(F)c(Br)c1. The molecule has 0 amide bonds. The van der Waals surface area contributed by atoms with Crippen LogP contribution in [0.25, 0.3) is 0 Å². The van der Waals surface area contributed by atoms with Crippen LogP contribution in [0.4, 0.5) is 4.39 Å². The summed E-state index contributed by atoms with van der Waals surface area (Å²) in [6, 6.07) is 5.60. The van der Waals surface area contributed by atoms with Crippen LogP contribution in [-0.4, -0.2) is 36.7 Å². The summed E-state index contributed by atoms with van der Waals surface area (Å²) < 4.78 is 19.6. The van der Waals surface area contributed by atoms with E-state index in [4.69, 9.17) is 10.5 Å². The maximum absolute atomic E-state index is 13.4. The van der Waals surface area contributed by atoms with Crippen LogP contribution in [0.3, 0.4) is 0 Å². The Morgan fingerprint density at radius 2 is 2.26 bits per heavy atom. The van der Waals surface area contributed by atoms with Crippen molar-refractivity contribution in [2.75, 3.05) is 19.7 Å². The van der Waals surface area contributed by atoms with Gasteiger partial charge in [0, 0.05) is 19.1 Å². The summed E-state index contributed by atoms with van der Waals surface area (Å²) in [4.78, 5) is 2.36. The second-order valence-electron chi connectivity index (χ2n) is 5.09. The highest BCUT2D eigenvalue weighted by atomic mass is 79.9. The van der Waals surface area contributed by atoms with E-state index in [-0.39, 0.29) is 18.0 Å². The Hall–Kier alpha value is -0.490. The number of morpholine rings is 1. The molecule has 0 saturated carbocycles. The minimum absolute atomic E-state index is 0.0477. The highest BCUT2D eigenvalue weighted by molar-refractivity contribution is 9.10. The van der Waals surface area contributed by atoms with E-state index in [1.54, 1.807) is 0 Å². The fraction of sp³-hybridized carbons (Fsp3) is 0.571. The lowest BCUT2D eigenvalue weighted by Gasteiger charge is -2.43. The zero-order valence-electron chi connectivity index (χ0n) is 11.3.